The van der Waals surface area contributed by atoms with E-state index >= 15 is 0 Å². The minimum atomic E-state index is -0.0213. The van der Waals surface area contributed by atoms with Gasteiger partial charge in [-0.15, -0.1) is 0 Å². The first-order valence-corrected chi connectivity index (χ1v) is 8.12. The number of hydrogen-bond donors (Lipinski definition) is 1. The topological polar surface area (TPSA) is 47.6 Å². The second-order valence-electron chi connectivity index (χ2n) is 5.85. The molecule has 0 bridgehead atoms. The maximum atomic E-state index is 12.0. The standard InChI is InChI=1S/C20H25NO3/c1-15-8-9-19(16(2)12-15)24-11-10-20(22)21-13-17-6-4-5-7-18(17)14-23-3/h4-9,12H,10-11,13-14H2,1-3H3,(H,21,22). The highest BCUT2D eigenvalue weighted by atomic mass is 16.5. The van der Waals surface area contributed by atoms with Gasteiger partial charge < -0.3 is 14.8 Å². The van der Waals surface area contributed by atoms with Gasteiger partial charge in [-0.05, 0) is 36.6 Å². The summed E-state index contributed by atoms with van der Waals surface area (Å²) in [6.07, 6.45) is 0.333. The number of methoxy groups -OCH3 is 1. The highest BCUT2D eigenvalue weighted by Gasteiger charge is 2.06. The number of benzene rings is 2. The lowest BCUT2D eigenvalue weighted by atomic mass is 10.1. The smallest absolute Gasteiger partial charge is 0.223 e. The molecule has 1 amide bonds. The number of rotatable bonds is 8. The summed E-state index contributed by atoms with van der Waals surface area (Å²) in [6.45, 7) is 5.47. The molecule has 4 nitrogen and oxygen atoms in total. The average molecular weight is 327 g/mol. The van der Waals surface area contributed by atoms with Gasteiger partial charge in [0, 0.05) is 13.7 Å². The van der Waals surface area contributed by atoms with E-state index < -0.39 is 0 Å². The molecular weight excluding hydrogens is 302 g/mol. The summed E-state index contributed by atoms with van der Waals surface area (Å²) in [4.78, 5) is 12.0. The van der Waals surface area contributed by atoms with Crippen LogP contribution in [0.1, 0.15) is 28.7 Å². The zero-order valence-corrected chi connectivity index (χ0v) is 14.6. The molecule has 2 rings (SSSR count). The second-order valence-corrected chi connectivity index (χ2v) is 5.85. The van der Waals surface area contributed by atoms with E-state index in [0.717, 1.165) is 22.4 Å². The molecule has 0 aliphatic heterocycles. The van der Waals surface area contributed by atoms with Crippen LogP contribution in [-0.4, -0.2) is 19.6 Å². The Labute approximate surface area is 143 Å². The predicted molar refractivity (Wildman–Crippen MR) is 95.0 cm³/mol. The van der Waals surface area contributed by atoms with E-state index in [9.17, 15) is 4.79 Å². The number of aryl methyl sites for hydroxylation is 2. The Kier molecular flexibility index (Phi) is 6.82. The van der Waals surface area contributed by atoms with Gasteiger partial charge in [0.15, 0.2) is 0 Å². The van der Waals surface area contributed by atoms with Gasteiger partial charge in [0.25, 0.3) is 0 Å². The molecule has 0 saturated heterocycles. The maximum Gasteiger partial charge on any atom is 0.223 e. The van der Waals surface area contributed by atoms with Crippen molar-refractivity contribution in [3.8, 4) is 5.75 Å². The summed E-state index contributed by atoms with van der Waals surface area (Å²) in [5.74, 6) is 0.811. The molecule has 0 aliphatic carbocycles. The molecule has 1 N–H and O–H groups in total. The summed E-state index contributed by atoms with van der Waals surface area (Å²) in [6, 6.07) is 14.0. The SMILES string of the molecule is COCc1ccccc1CNC(=O)CCOc1ccc(C)cc1C. The fraction of sp³-hybridized carbons (Fsp3) is 0.350. The number of ether oxygens (including phenoxy) is 2. The molecule has 24 heavy (non-hydrogen) atoms. The summed E-state index contributed by atoms with van der Waals surface area (Å²) in [5.41, 5.74) is 4.45. The molecule has 2 aromatic rings. The van der Waals surface area contributed by atoms with E-state index in [-0.39, 0.29) is 5.91 Å². The van der Waals surface area contributed by atoms with Crippen molar-refractivity contribution in [1.29, 1.82) is 0 Å². The van der Waals surface area contributed by atoms with Crippen molar-refractivity contribution in [2.75, 3.05) is 13.7 Å². The van der Waals surface area contributed by atoms with Gasteiger partial charge in [-0.1, -0.05) is 42.0 Å². The van der Waals surface area contributed by atoms with Crippen molar-refractivity contribution in [2.45, 2.75) is 33.4 Å². The van der Waals surface area contributed by atoms with Gasteiger partial charge in [0.05, 0.1) is 19.6 Å². The predicted octanol–water partition coefficient (Wildman–Crippen LogP) is 3.54. The fourth-order valence-electron chi connectivity index (χ4n) is 2.52. The normalized spacial score (nSPS) is 10.5. The molecule has 128 valence electrons. The van der Waals surface area contributed by atoms with Crippen LogP contribution in [0, 0.1) is 13.8 Å². The molecule has 4 heteroatoms. The molecule has 0 heterocycles. The molecule has 0 saturated carbocycles. The molecule has 0 unspecified atom stereocenters. The molecule has 2 aromatic carbocycles. The van der Waals surface area contributed by atoms with Gasteiger partial charge in [0.2, 0.25) is 5.91 Å². The van der Waals surface area contributed by atoms with Crippen LogP contribution in [0.2, 0.25) is 0 Å². The summed E-state index contributed by atoms with van der Waals surface area (Å²) >= 11 is 0. The number of amides is 1. The Morgan fingerprint density at radius 3 is 2.54 bits per heavy atom. The first-order chi connectivity index (χ1) is 11.6. The lowest BCUT2D eigenvalue weighted by Gasteiger charge is -2.11. The van der Waals surface area contributed by atoms with Gasteiger partial charge in [0.1, 0.15) is 5.75 Å². The average Bonchev–Trinajstić information content (AvgIpc) is 2.56. The maximum absolute atomic E-state index is 12.0. The minimum absolute atomic E-state index is 0.0213. The van der Waals surface area contributed by atoms with Crippen LogP contribution in [0.25, 0.3) is 0 Å². The summed E-state index contributed by atoms with van der Waals surface area (Å²) in [7, 11) is 1.67. The molecule has 0 fully saturated rings. The Morgan fingerprint density at radius 1 is 1.08 bits per heavy atom. The minimum Gasteiger partial charge on any atom is -0.493 e. The van der Waals surface area contributed by atoms with Crippen LogP contribution >= 0.6 is 0 Å². The highest BCUT2D eigenvalue weighted by molar-refractivity contribution is 5.76. The summed E-state index contributed by atoms with van der Waals surface area (Å²) < 4.78 is 10.9. The van der Waals surface area contributed by atoms with Gasteiger partial charge >= 0.3 is 0 Å². The zero-order valence-electron chi connectivity index (χ0n) is 14.6. The van der Waals surface area contributed by atoms with Crippen LogP contribution in [0.4, 0.5) is 0 Å². The van der Waals surface area contributed by atoms with E-state index in [2.05, 4.69) is 11.4 Å². The molecular formula is C20H25NO3. The van der Waals surface area contributed by atoms with Crippen molar-refractivity contribution in [2.24, 2.45) is 0 Å². The third-order valence-electron chi connectivity index (χ3n) is 3.81. The van der Waals surface area contributed by atoms with E-state index in [0.29, 0.717) is 26.2 Å². The lowest BCUT2D eigenvalue weighted by molar-refractivity contribution is -0.121. The Balaban J connectivity index is 1.77. The van der Waals surface area contributed by atoms with Crippen LogP contribution in [0.5, 0.6) is 5.75 Å². The van der Waals surface area contributed by atoms with Crippen LogP contribution in [0.3, 0.4) is 0 Å². The van der Waals surface area contributed by atoms with E-state index in [4.69, 9.17) is 9.47 Å². The number of carbonyl (C=O) groups excluding carboxylic acids is 1. The Hall–Kier alpha value is -2.33. The van der Waals surface area contributed by atoms with Crippen molar-refractivity contribution >= 4 is 5.91 Å². The Bertz CT molecular complexity index is 682. The summed E-state index contributed by atoms with van der Waals surface area (Å²) in [5, 5.41) is 2.93. The largest absolute Gasteiger partial charge is 0.493 e. The molecule has 0 aromatic heterocycles. The Morgan fingerprint density at radius 2 is 1.83 bits per heavy atom. The number of carbonyl (C=O) groups is 1. The fourth-order valence-corrected chi connectivity index (χ4v) is 2.52. The highest BCUT2D eigenvalue weighted by Crippen LogP contribution is 2.18. The van der Waals surface area contributed by atoms with Crippen LogP contribution in [0.15, 0.2) is 42.5 Å². The molecule has 0 aliphatic rings. The van der Waals surface area contributed by atoms with Gasteiger partial charge in [-0.3, -0.25) is 4.79 Å². The molecule has 0 atom stereocenters. The van der Waals surface area contributed by atoms with Gasteiger partial charge in [-0.25, -0.2) is 0 Å². The van der Waals surface area contributed by atoms with E-state index in [1.165, 1.54) is 5.56 Å². The van der Waals surface area contributed by atoms with Crippen molar-refractivity contribution in [3.63, 3.8) is 0 Å². The third kappa shape index (κ3) is 5.39. The number of nitrogens with one attached hydrogen (secondary N) is 1. The monoisotopic (exact) mass is 327 g/mol. The number of hydrogen-bond acceptors (Lipinski definition) is 3. The van der Waals surface area contributed by atoms with Crippen molar-refractivity contribution < 1.29 is 14.3 Å². The van der Waals surface area contributed by atoms with Crippen LogP contribution < -0.4 is 10.1 Å². The first kappa shape index (κ1) is 18.0. The zero-order chi connectivity index (χ0) is 17.4. The molecule has 0 radical (unpaired) electrons. The van der Waals surface area contributed by atoms with E-state index in [1.807, 2.05) is 50.2 Å². The quantitative estimate of drug-likeness (QED) is 0.807. The lowest BCUT2D eigenvalue weighted by Crippen LogP contribution is -2.25. The van der Waals surface area contributed by atoms with Crippen molar-refractivity contribution in [1.82, 2.24) is 5.32 Å². The van der Waals surface area contributed by atoms with Crippen LogP contribution in [-0.2, 0) is 22.7 Å². The first-order valence-electron chi connectivity index (χ1n) is 8.12. The molecule has 0 spiro atoms. The van der Waals surface area contributed by atoms with Gasteiger partial charge in [-0.2, -0.15) is 0 Å². The van der Waals surface area contributed by atoms with Crippen molar-refractivity contribution in [3.05, 3.63) is 64.7 Å². The second kappa shape index (κ2) is 9.08. The van der Waals surface area contributed by atoms with E-state index in [1.54, 1.807) is 7.11 Å². The third-order valence-corrected chi connectivity index (χ3v) is 3.81.